The fourth-order valence-corrected chi connectivity index (χ4v) is 1.28. The van der Waals surface area contributed by atoms with E-state index >= 15 is 0 Å². The fraction of sp³-hybridized carbons (Fsp3) is 0.308. The molecule has 1 aromatic rings. The number of benzene rings is 1. The van der Waals surface area contributed by atoms with Crippen LogP contribution in [0.25, 0.3) is 6.08 Å². The van der Waals surface area contributed by atoms with E-state index in [1.807, 2.05) is 18.2 Å². The third-order valence-corrected chi connectivity index (χ3v) is 2.06. The Kier molecular flexibility index (Phi) is 5.98. The van der Waals surface area contributed by atoms with E-state index in [1.165, 1.54) is 5.56 Å². The second-order valence-electron chi connectivity index (χ2n) is 3.28. The molecule has 0 aliphatic carbocycles. The van der Waals surface area contributed by atoms with Crippen molar-refractivity contribution < 1.29 is 9.53 Å². The van der Waals surface area contributed by atoms with Gasteiger partial charge in [0.1, 0.15) is 0 Å². The molecule has 2 nitrogen and oxygen atoms in total. The van der Waals surface area contributed by atoms with Crippen LogP contribution in [-0.2, 0) is 9.53 Å². The van der Waals surface area contributed by atoms with Gasteiger partial charge in [-0.2, -0.15) is 0 Å². The first-order valence-electron chi connectivity index (χ1n) is 5.20. The maximum absolute atomic E-state index is 9.84. The predicted octanol–water partition coefficient (Wildman–Crippen LogP) is 3.04. The van der Waals surface area contributed by atoms with E-state index in [2.05, 4.69) is 29.0 Å². The van der Waals surface area contributed by atoms with E-state index in [4.69, 9.17) is 0 Å². The summed E-state index contributed by atoms with van der Waals surface area (Å²) in [7, 11) is 0. The standard InChI is InChI=1S/C13H16O2/c14-12-15-11-7-2-1-4-8-13-9-5-3-6-10-13/h3-6,8-10,12H,1-2,7,11H2/b8-4+. The van der Waals surface area contributed by atoms with Crippen LogP contribution in [0.4, 0.5) is 0 Å². The number of allylic oxidation sites excluding steroid dienone is 1. The van der Waals surface area contributed by atoms with Crippen molar-refractivity contribution in [3.05, 3.63) is 42.0 Å². The molecule has 0 heterocycles. The summed E-state index contributed by atoms with van der Waals surface area (Å²) in [4.78, 5) is 9.84. The van der Waals surface area contributed by atoms with Crippen molar-refractivity contribution in [3.8, 4) is 0 Å². The molecular formula is C13H16O2. The molecule has 80 valence electrons. The topological polar surface area (TPSA) is 26.3 Å². The minimum atomic E-state index is 0.500. The summed E-state index contributed by atoms with van der Waals surface area (Å²) in [6, 6.07) is 10.2. The Morgan fingerprint density at radius 1 is 1.13 bits per heavy atom. The quantitative estimate of drug-likeness (QED) is 0.504. The molecule has 0 radical (unpaired) electrons. The van der Waals surface area contributed by atoms with Crippen molar-refractivity contribution in [1.82, 2.24) is 0 Å². The van der Waals surface area contributed by atoms with Gasteiger partial charge in [0, 0.05) is 0 Å². The molecule has 0 bridgehead atoms. The average Bonchev–Trinajstić information content (AvgIpc) is 2.29. The zero-order chi connectivity index (χ0) is 10.8. The number of hydrogen-bond acceptors (Lipinski definition) is 2. The molecule has 0 saturated heterocycles. The summed E-state index contributed by atoms with van der Waals surface area (Å²) in [5.74, 6) is 0. The Morgan fingerprint density at radius 2 is 1.93 bits per heavy atom. The van der Waals surface area contributed by atoms with Crippen molar-refractivity contribution in [2.75, 3.05) is 6.61 Å². The first kappa shape index (κ1) is 11.5. The molecule has 0 fully saturated rings. The third-order valence-electron chi connectivity index (χ3n) is 2.06. The van der Waals surface area contributed by atoms with Gasteiger partial charge in [0.25, 0.3) is 6.47 Å². The summed E-state index contributed by atoms with van der Waals surface area (Å²) in [6.45, 7) is 1.03. The molecular weight excluding hydrogens is 188 g/mol. The van der Waals surface area contributed by atoms with Crippen molar-refractivity contribution in [2.45, 2.75) is 19.3 Å². The van der Waals surface area contributed by atoms with Crippen LogP contribution in [0.3, 0.4) is 0 Å². The van der Waals surface area contributed by atoms with Crippen LogP contribution in [0, 0.1) is 0 Å². The van der Waals surface area contributed by atoms with Gasteiger partial charge in [0.2, 0.25) is 0 Å². The van der Waals surface area contributed by atoms with Gasteiger partial charge in [0.15, 0.2) is 0 Å². The molecule has 2 heteroatoms. The molecule has 1 aromatic carbocycles. The molecule has 0 spiro atoms. The Hall–Kier alpha value is -1.57. The Bertz CT molecular complexity index is 291. The highest BCUT2D eigenvalue weighted by atomic mass is 16.5. The van der Waals surface area contributed by atoms with E-state index in [0.717, 1.165) is 19.3 Å². The lowest BCUT2D eigenvalue weighted by Gasteiger charge is -1.96. The van der Waals surface area contributed by atoms with Gasteiger partial charge in [-0.3, -0.25) is 4.79 Å². The fourth-order valence-electron chi connectivity index (χ4n) is 1.28. The Morgan fingerprint density at radius 3 is 2.67 bits per heavy atom. The van der Waals surface area contributed by atoms with Crippen LogP contribution in [0.1, 0.15) is 24.8 Å². The molecule has 0 atom stereocenters. The molecule has 0 N–H and O–H groups in total. The lowest BCUT2D eigenvalue weighted by Crippen LogP contribution is -1.90. The van der Waals surface area contributed by atoms with Gasteiger partial charge < -0.3 is 4.74 Å². The van der Waals surface area contributed by atoms with Crippen LogP contribution in [0.15, 0.2) is 36.4 Å². The summed E-state index contributed by atoms with van der Waals surface area (Å²) in [5, 5.41) is 0. The van der Waals surface area contributed by atoms with Crippen LogP contribution >= 0.6 is 0 Å². The smallest absolute Gasteiger partial charge is 0.293 e. The number of carbonyl (C=O) groups excluding carboxylic acids is 1. The van der Waals surface area contributed by atoms with Gasteiger partial charge in [-0.15, -0.1) is 0 Å². The molecule has 0 aliphatic rings. The molecule has 0 saturated carbocycles. The van der Waals surface area contributed by atoms with E-state index in [-0.39, 0.29) is 0 Å². The average molecular weight is 204 g/mol. The molecule has 15 heavy (non-hydrogen) atoms. The van der Waals surface area contributed by atoms with Crippen molar-refractivity contribution in [1.29, 1.82) is 0 Å². The second-order valence-corrected chi connectivity index (χ2v) is 3.28. The van der Waals surface area contributed by atoms with Gasteiger partial charge in [0.05, 0.1) is 6.61 Å². The van der Waals surface area contributed by atoms with E-state index < -0.39 is 0 Å². The zero-order valence-corrected chi connectivity index (χ0v) is 8.76. The molecule has 1 rings (SSSR count). The summed E-state index contributed by atoms with van der Waals surface area (Å²) < 4.78 is 4.59. The highest BCUT2D eigenvalue weighted by Crippen LogP contribution is 2.04. The van der Waals surface area contributed by atoms with Crippen LogP contribution < -0.4 is 0 Å². The summed E-state index contributed by atoms with van der Waals surface area (Å²) >= 11 is 0. The molecule has 0 unspecified atom stereocenters. The van der Waals surface area contributed by atoms with Gasteiger partial charge in [-0.05, 0) is 24.8 Å². The van der Waals surface area contributed by atoms with Gasteiger partial charge >= 0.3 is 0 Å². The number of unbranched alkanes of at least 4 members (excludes halogenated alkanes) is 2. The number of rotatable bonds is 7. The summed E-state index contributed by atoms with van der Waals surface area (Å²) in [5.41, 5.74) is 1.22. The maximum atomic E-state index is 9.84. The molecule has 0 aliphatic heterocycles. The van der Waals surface area contributed by atoms with Crippen molar-refractivity contribution >= 4 is 12.5 Å². The SMILES string of the molecule is O=COCCCC/C=C/c1ccccc1. The normalized spacial score (nSPS) is 10.4. The third kappa shape index (κ3) is 5.68. The van der Waals surface area contributed by atoms with Crippen LogP contribution in [0.2, 0.25) is 0 Å². The zero-order valence-electron chi connectivity index (χ0n) is 8.76. The maximum Gasteiger partial charge on any atom is 0.293 e. The first-order chi connectivity index (χ1) is 7.43. The van der Waals surface area contributed by atoms with Crippen LogP contribution in [0.5, 0.6) is 0 Å². The number of hydrogen-bond donors (Lipinski definition) is 0. The van der Waals surface area contributed by atoms with Crippen LogP contribution in [-0.4, -0.2) is 13.1 Å². The molecule has 0 aromatic heterocycles. The van der Waals surface area contributed by atoms with Crippen molar-refractivity contribution in [2.24, 2.45) is 0 Å². The van der Waals surface area contributed by atoms with Gasteiger partial charge in [-0.1, -0.05) is 42.5 Å². The molecule has 0 amide bonds. The van der Waals surface area contributed by atoms with E-state index in [1.54, 1.807) is 0 Å². The lowest BCUT2D eigenvalue weighted by atomic mass is 10.2. The monoisotopic (exact) mass is 204 g/mol. The Balaban J connectivity index is 2.10. The van der Waals surface area contributed by atoms with Gasteiger partial charge in [-0.25, -0.2) is 0 Å². The largest absolute Gasteiger partial charge is 0.468 e. The van der Waals surface area contributed by atoms with Crippen molar-refractivity contribution in [3.63, 3.8) is 0 Å². The number of ether oxygens (including phenoxy) is 1. The first-order valence-corrected chi connectivity index (χ1v) is 5.20. The Labute approximate surface area is 90.6 Å². The van der Waals surface area contributed by atoms with E-state index in [9.17, 15) is 4.79 Å². The lowest BCUT2D eigenvalue weighted by molar-refractivity contribution is -0.128. The summed E-state index contributed by atoms with van der Waals surface area (Å²) in [6.07, 6.45) is 7.27. The second kappa shape index (κ2) is 7.80. The predicted molar refractivity (Wildman–Crippen MR) is 61.3 cm³/mol. The highest BCUT2D eigenvalue weighted by Gasteiger charge is 1.86. The number of carbonyl (C=O) groups is 1. The minimum Gasteiger partial charge on any atom is -0.468 e. The van der Waals surface area contributed by atoms with E-state index in [0.29, 0.717) is 13.1 Å². The highest BCUT2D eigenvalue weighted by molar-refractivity contribution is 5.48. The minimum absolute atomic E-state index is 0.500.